The van der Waals surface area contributed by atoms with Gasteiger partial charge >= 0.3 is 5.97 Å². The van der Waals surface area contributed by atoms with Gasteiger partial charge in [-0.15, -0.1) is 0 Å². The second-order valence-electron chi connectivity index (χ2n) is 2.36. The van der Waals surface area contributed by atoms with Gasteiger partial charge in [0.15, 0.2) is 0 Å². The SMILES string of the molecule is C1=CNSC=C1.O=C(O)C1=CC=CSN1. The lowest BCUT2D eigenvalue weighted by Gasteiger charge is -2.04. The number of carboxylic acids is 1. The summed E-state index contributed by atoms with van der Waals surface area (Å²) in [7, 11) is 0. The van der Waals surface area contributed by atoms with Crippen molar-refractivity contribution in [1.82, 2.24) is 9.44 Å². The van der Waals surface area contributed by atoms with Crippen LogP contribution in [0.1, 0.15) is 0 Å². The number of carboxylic acid groups (broad SMARTS) is 1. The van der Waals surface area contributed by atoms with Crippen molar-refractivity contribution in [2.45, 2.75) is 0 Å². The van der Waals surface area contributed by atoms with Gasteiger partial charge < -0.3 is 14.6 Å². The molecule has 2 heterocycles. The summed E-state index contributed by atoms with van der Waals surface area (Å²) in [6, 6.07) is 0. The first-order valence-corrected chi connectivity index (χ1v) is 5.81. The van der Waals surface area contributed by atoms with Crippen LogP contribution in [-0.2, 0) is 4.79 Å². The summed E-state index contributed by atoms with van der Waals surface area (Å²) in [5, 5.41) is 12.1. The van der Waals surface area contributed by atoms with E-state index in [2.05, 4.69) is 9.44 Å². The predicted octanol–water partition coefficient (Wildman–Crippen LogP) is 1.99. The Kier molecular flexibility index (Phi) is 5.57. The lowest BCUT2D eigenvalue weighted by atomic mass is 10.4. The van der Waals surface area contributed by atoms with E-state index < -0.39 is 5.97 Å². The summed E-state index contributed by atoms with van der Waals surface area (Å²) in [5.74, 6) is -0.924. The molecule has 2 aliphatic rings. The topological polar surface area (TPSA) is 61.4 Å². The maximum atomic E-state index is 10.2. The third kappa shape index (κ3) is 5.24. The van der Waals surface area contributed by atoms with Crippen molar-refractivity contribution in [3.63, 3.8) is 0 Å². The van der Waals surface area contributed by atoms with E-state index in [0.717, 1.165) is 0 Å². The minimum Gasteiger partial charge on any atom is -0.477 e. The number of hydrogen-bond acceptors (Lipinski definition) is 5. The van der Waals surface area contributed by atoms with Crippen LogP contribution >= 0.6 is 23.9 Å². The van der Waals surface area contributed by atoms with Crippen LogP contribution in [0.25, 0.3) is 0 Å². The highest BCUT2D eigenvalue weighted by atomic mass is 32.2. The lowest BCUT2D eigenvalue weighted by molar-refractivity contribution is -0.132. The van der Waals surface area contributed by atoms with Crippen molar-refractivity contribution < 1.29 is 9.90 Å². The molecule has 0 bridgehead atoms. The molecule has 2 aliphatic heterocycles. The molecule has 0 radical (unpaired) electrons. The average molecular weight is 242 g/mol. The smallest absolute Gasteiger partial charge is 0.352 e. The minimum atomic E-state index is -0.924. The number of rotatable bonds is 1. The molecular weight excluding hydrogens is 232 g/mol. The predicted molar refractivity (Wildman–Crippen MR) is 64.6 cm³/mol. The molecule has 0 saturated heterocycles. The average Bonchev–Trinajstić information content (AvgIpc) is 2.33. The lowest BCUT2D eigenvalue weighted by Crippen LogP contribution is -2.13. The van der Waals surface area contributed by atoms with Crippen LogP contribution in [0.15, 0.2) is 47.0 Å². The van der Waals surface area contributed by atoms with Crippen molar-refractivity contribution in [2.24, 2.45) is 0 Å². The second-order valence-corrected chi connectivity index (χ2v) is 3.81. The Hall–Kier alpha value is -1.27. The van der Waals surface area contributed by atoms with E-state index >= 15 is 0 Å². The van der Waals surface area contributed by atoms with E-state index in [0.29, 0.717) is 0 Å². The van der Waals surface area contributed by atoms with Gasteiger partial charge in [-0.25, -0.2) is 4.79 Å². The first kappa shape index (κ1) is 11.8. The fourth-order valence-electron chi connectivity index (χ4n) is 0.679. The zero-order valence-electron chi connectivity index (χ0n) is 7.71. The molecular formula is C9H10N2O2S2. The van der Waals surface area contributed by atoms with Gasteiger partial charge in [0.25, 0.3) is 0 Å². The Morgan fingerprint density at radius 2 is 2.00 bits per heavy atom. The molecule has 0 atom stereocenters. The van der Waals surface area contributed by atoms with E-state index in [-0.39, 0.29) is 5.70 Å². The van der Waals surface area contributed by atoms with E-state index in [9.17, 15) is 4.79 Å². The van der Waals surface area contributed by atoms with Crippen molar-refractivity contribution in [2.75, 3.05) is 0 Å². The standard InChI is InChI=1S/C5H5NO2S.C4H5NS/c7-5(8)4-2-1-3-9-6-4;1-2-4-6-5-3-1/h1-3,6H,(H,7,8);1-5H. The molecule has 0 amide bonds. The quantitative estimate of drug-likeness (QED) is 0.611. The second kappa shape index (κ2) is 7.08. The highest BCUT2D eigenvalue weighted by Gasteiger charge is 2.05. The van der Waals surface area contributed by atoms with Crippen molar-refractivity contribution in [3.8, 4) is 0 Å². The summed E-state index contributed by atoms with van der Waals surface area (Å²) in [5.41, 5.74) is 0.225. The monoisotopic (exact) mass is 242 g/mol. The van der Waals surface area contributed by atoms with E-state index in [4.69, 9.17) is 5.11 Å². The van der Waals surface area contributed by atoms with Crippen LogP contribution in [0.3, 0.4) is 0 Å². The Balaban J connectivity index is 0.000000162. The number of nitrogens with one attached hydrogen (secondary N) is 2. The molecule has 15 heavy (non-hydrogen) atoms. The Morgan fingerprint density at radius 1 is 1.20 bits per heavy atom. The van der Waals surface area contributed by atoms with Crippen LogP contribution in [0.2, 0.25) is 0 Å². The van der Waals surface area contributed by atoms with Gasteiger partial charge in [0.2, 0.25) is 0 Å². The van der Waals surface area contributed by atoms with Crippen molar-refractivity contribution in [3.05, 3.63) is 47.0 Å². The summed E-state index contributed by atoms with van der Waals surface area (Å²) in [4.78, 5) is 10.2. The molecule has 4 nitrogen and oxygen atoms in total. The number of aliphatic carboxylic acids is 1. The molecule has 0 fully saturated rings. The molecule has 0 unspecified atom stereocenters. The van der Waals surface area contributed by atoms with Gasteiger partial charge in [-0.05, 0) is 46.9 Å². The van der Waals surface area contributed by atoms with Gasteiger partial charge in [0.1, 0.15) is 5.70 Å². The van der Waals surface area contributed by atoms with Crippen LogP contribution in [0.4, 0.5) is 0 Å². The summed E-state index contributed by atoms with van der Waals surface area (Å²) < 4.78 is 5.54. The Labute approximate surface area is 96.5 Å². The summed E-state index contributed by atoms with van der Waals surface area (Å²) in [6.07, 6.45) is 9.03. The molecule has 2 rings (SSSR count). The van der Waals surface area contributed by atoms with Gasteiger partial charge in [0.05, 0.1) is 0 Å². The number of carbonyl (C=O) groups is 1. The van der Waals surface area contributed by atoms with Crippen molar-refractivity contribution >= 4 is 29.9 Å². The van der Waals surface area contributed by atoms with Crippen molar-refractivity contribution in [1.29, 1.82) is 0 Å². The van der Waals surface area contributed by atoms with Gasteiger partial charge in [-0.1, -0.05) is 12.2 Å². The summed E-state index contributed by atoms with van der Waals surface area (Å²) in [6.45, 7) is 0. The van der Waals surface area contributed by atoms with E-state index in [1.807, 2.05) is 23.8 Å². The molecule has 0 saturated carbocycles. The number of allylic oxidation sites excluding steroid dienone is 4. The highest BCUT2D eigenvalue weighted by Crippen LogP contribution is 2.07. The highest BCUT2D eigenvalue weighted by molar-refractivity contribution is 8.00. The van der Waals surface area contributed by atoms with Gasteiger partial charge in [-0.3, -0.25) is 0 Å². The molecule has 0 aliphatic carbocycles. The first-order valence-electron chi connectivity index (χ1n) is 4.05. The maximum absolute atomic E-state index is 10.2. The third-order valence-corrected chi connectivity index (χ3v) is 2.50. The van der Waals surface area contributed by atoms with Crippen LogP contribution in [0.5, 0.6) is 0 Å². The van der Waals surface area contributed by atoms with Crippen LogP contribution in [0, 0.1) is 0 Å². The summed E-state index contributed by atoms with van der Waals surface area (Å²) >= 11 is 2.83. The minimum absolute atomic E-state index is 0.225. The molecule has 80 valence electrons. The largest absolute Gasteiger partial charge is 0.477 e. The third-order valence-electron chi connectivity index (χ3n) is 1.30. The molecule has 0 aromatic heterocycles. The zero-order chi connectivity index (χ0) is 10.9. The molecule has 0 aromatic carbocycles. The van der Waals surface area contributed by atoms with Crippen LogP contribution < -0.4 is 9.44 Å². The fraction of sp³-hybridized carbons (Fsp3) is 0. The number of hydrogen-bond donors (Lipinski definition) is 3. The fourth-order valence-corrected chi connectivity index (χ4v) is 1.59. The van der Waals surface area contributed by atoms with Crippen LogP contribution in [-0.4, -0.2) is 11.1 Å². The molecule has 0 aromatic rings. The zero-order valence-corrected chi connectivity index (χ0v) is 9.35. The molecule has 0 spiro atoms. The Bertz CT molecular complexity index is 323. The van der Waals surface area contributed by atoms with Gasteiger partial charge in [-0.2, -0.15) is 0 Å². The Morgan fingerprint density at radius 3 is 2.27 bits per heavy atom. The normalized spacial score (nSPS) is 16.7. The first-order chi connectivity index (χ1) is 7.30. The van der Waals surface area contributed by atoms with Gasteiger partial charge in [0, 0.05) is 6.20 Å². The molecule has 3 N–H and O–H groups in total. The maximum Gasteiger partial charge on any atom is 0.352 e. The molecule has 6 heteroatoms. The van der Waals surface area contributed by atoms with E-state index in [1.54, 1.807) is 23.4 Å². The van der Waals surface area contributed by atoms with E-state index in [1.165, 1.54) is 18.0 Å².